The molecular formula is C11H16O. The lowest BCUT2D eigenvalue weighted by molar-refractivity contribution is -0.125. The Morgan fingerprint density at radius 1 is 1.33 bits per heavy atom. The van der Waals surface area contributed by atoms with Crippen LogP contribution in [0.2, 0.25) is 0 Å². The molecule has 0 heterocycles. The lowest BCUT2D eigenvalue weighted by Gasteiger charge is -2.26. The Labute approximate surface area is 73.5 Å². The van der Waals surface area contributed by atoms with Crippen molar-refractivity contribution in [3.8, 4) is 0 Å². The molecular weight excluding hydrogens is 148 g/mol. The molecule has 3 unspecified atom stereocenters. The van der Waals surface area contributed by atoms with Gasteiger partial charge in [0.05, 0.1) is 0 Å². The minimum absolute atomic E-state index is 0.214. The molecule has 3 aliphatic rings. The number of rotatable bonds is 0. The van der Waals surface area contributed by atoms with Crippen molar-refractivity contribution in [2.24, 2.45) is 16.7 Å². The molecule has 66 valence electrons. The van der Waals surface area contributed by atoms with Crippen LogP contribution < -0.4 is 0 Å². The molecule has 0 saturated heterocycles. The number of fused-ring (bicyclic) bond motifs is 1. The summed E-state index contributed by atoms with van der Waals surface area (Å²) in [6.45, 7) is 2.36. The maximum absolute atomic E-state index is 11.8. The molecule has 0 aromatic rings. The summed E-state index contributed by atoms with van der Waals surface area (Å²) >= 11 is 0. The molecule has 0 radical (unpaired) electrons. The Hall–Kier alpha value is -0.330. The second-order valence-corrected chi connectivity index (χ2v) is 5.11. The van der Waals surface area contributed by atoms with Gasteiger partial charge in [-0.25, -0.2) is 0 Å². The smallest absolute Gasteiger partial charge is 0.139 e. The van der Waals surface area contributed by atoms with E-state index in [1.54, 1.807) is 0 Å². The molecule has 0 bridgehead atoms. The maximum atomic E-state index is 11.8. The first kappa shape index (κ1) is 7.11. The predicted octanol–water partition coefficient (Wildman–Crippen LogP) is 2.55. The van der Waals surface area contributed by atoms with E-state index in [0.29, 0.717) is 11.2 Å². The van der Waals surface area contributed by atoms with Gasteiger partial charge in [0, 0.05) is 11.8 Å². The zero-order valence-electron chi connectivity index (χ0n) is 7.73. The SMILES string of the molecule is CC12CCCCC13C(=O)CCC23. The van der Waals surface area contributed by atoms with Gasteiger partial charge in [0.1, 0.15) is 5.78 Å². The maximum Gasteiger partial charge on any atom is 0.139 e. The van der Waals surface area contributed by atoms with Gasteiger partial charge < -0.3 is 0 Å². The standard InChI is InChI=1S/C11H16O/c1-10-6-2-3-7-11(10)8(10)4-5-9(11)12/h8H,2-7H2,1H3. The molecule has 3 aliphatic carbocycles. The van der Waals surface area contributed by atoms with Crippen molar-refractivity contribution in [1.29, 1.82) is 0 Å². The minimum atomic E-state index is 0.214. The largest absolute Gasteiger partial charge is 0.299 e. The van der Waals surface area contributed by atoms with E-state index < -0.39 is 0 Å². The van der Waals surface area contributed by atoms with Crippen LogP contribution in [0.5, 0.6) is 0 Å². The molecule has 12 heavy (non-hydrogen) atoms. The molecule has 1 spiro atoms. The van der Waals surface area contributed by atoms with Crippen LogP contribution in [0.1, 0.15) is 45.4 Å². The molecule has 3 saturated carbocycles. The fourth-order valence-corrected chi connectivity index (χ4v) is 4.33. The third-order valence-electron chi connectivity index (χ3n) is 4.97. The van der Waals surface area contributed by atoms with Crippen molar-refractivity contribution < 1.29 is 4.79 Å². The Morgan fingerprint density at radius 2 is 2.08 bits per heavy atom. The van der Waals surface area contributed by atoms with Crippen molar-refractivity contribution in [3.05, 3.63) is 0 Å². The molecule has 0 N–H and O–H groups in total. The topological polar surface area (TPSA) is 17.1 Å². The summed E-state index contributed by atoms with van der Waals surface area (Å²) < 4.78 is 0. The fourth-order valence-electron chi connectivity index (χ4n) is 4.33. The molecule has 0 aromatic carbocycles. The minimum Gasteiger partial charge on any atom is -0.299 e. The normalized spacial score (nSPS) is 56.4. The Morgan fingerprint density at radius 3 is 2.83 bits per heavy atom. The van der Waals surface area contributed by atoms with E-state index in [-0.39, 0.29) is 5.41 Å². The Balaban J connectivity index is 2.03. The molecule has 1 heteroatoms. The molecule has 3 rings (SSSR count). The first-order valence-corrected chi connectivity index (χ1v) is 5.25. The number of hydrogen-bond donors (Lipinski definition) is 0. The lowest BCUT2D eigenvalue weighted by atomic mass is 9.77. The number of carbonyl (C=O) groups is 1. The zero-order chi connectivity index (χ0) is 8.40. The van der Waals surface area contributed by atoms with Crippen LogP contribution in [-0.4, -0.2) is 5.78 Å². The van der Waals surface area contributed by atoms with Gasteiger partial charge in [0.25, 0.3) is 0 Å². The summed E-state index contributed by atoms with van der Waals surface area (Å²) in [7, 11) is 0. The highest BCUT2D eigenvalue weighted by molar-refractivity contribution is 5.92. The van der Waals surface area contributed by atoms with Gasteiger partial charge in [-0.1, -0.05) is 19.8 Å². The number of hydrogen-bond acceptors (Lipinski definition) is 1. The van der Waals surface area contributed by atoms with E-state index in [9.17, 15) is 4.79 Å². The average Bonchev–Trinajstić information content (AvgIpc) is 2.44. The van der Waals surface area contributed by atoms with Gasteiger partial charge in [-0.05, 0) is 30.6 Å². The Bertz CT molecular complexity index is 258. The van der Waals surface area contributed by atoms with Crippen LogP contribution >= 0.6 is 0 Å². The summed E-state index contributed by atoms with van der Waals surface area (Å²) in [6.07, 6.45) is 7.30. The van der Waals surface area contributed by atoms with E-state index in [0.717, 1.165) is 12.3 Å². The van der Waals surface area contributed by atoms with Crippen molar-refractivity contribution in [1.82, 2.24) is 0 Å². The highest BCUT2D eigenvalue weighted by atomic mass is 16.1. The highest BCUT2D eigenvalue weighted by Gasteiger charge is 2.78. The highest BCUT2D eigenvalue weighted by Crippen LogP contribution is 2.80. The van der Waals surface area contributed by atoms with Gasteiger partial charge in [-0.15, -0.1) is 0 Å². The van der Waals surface area contributed by atoms with Gasteiger partial charge in [-0.2, -0.15) is 0 Å². The van der Waals surface area contributed by atoms with Crippen LogP contribution in [0.25, 0.3) is 0 Å². The van der Waals surface area contributed by atoms with Gasteiger partial charge in [0.2, 0.25) is 0 Å². The Kier molecular flexibility index (Phi) is 1.06. The summed E-state index contributed by atoms with van der Waals surface area (Å²) in [5.41, 5.74) is 0.672. The predicted molar refractivity (Wildman–Crippen MR) is 46.7 cm³/mol. The first-order valence-electron chi connectivity index (χ1n) is 5.25. The van der Waals surface area contributed by atoms with Crippen LogP contribution in [0.3, 0.4) is 0 Å². The second-order valence-electron chi connectivity index (χ2n) is 5.11. The van der Waals surface area contributed by atoms with Gasteiger partial charge in [-0.3, -0.25) is 4.79 Å². The van der Waals surface area contributed by atoms with E-state index in [4.69, 9.17) is 0 Å². The van der Waals surface area contributed by atoms with Crippen molar-refractivity contribution in [2.45, 2.75) is 45.4 Å². The molecule has 3 fully saturated rings. The van der Waals surface area contributed by atoms with Crippen molar-refractivity contribution >= 4 is 5.78 Å². The first-order chi connectivity index (χ1) is 5.72. The van der Waals surface area contributed by atoms with E-state index in [1.165, 1.54) is 32.1 Å². The molecule has 3 atom stereocenters. The number of Topliss-reactive ketones (excluding diaryl/α,β-unsaturated/α-hetero) is 1. The molecule has 0 amide bonds. The van der Waals surface area contributed by atoms with E-state index in [1.807, 2.05) is 0 Å². The lowest BCUT2D eigenvalue weighted by Crippen LogP contribution is -2.24. The van der Waals surface area contributed by atoms with E-state index in [2.05, 4.69) is 6.92 Å². The molecule has 1 nitrogen and oxygen atoms in total. The summed E-state index contributed by atoms with van der Waals surface area (Å²) in [5, 5.41) is 0. The number of carbonyl (C=O) groups excluding carboxylic acids is 1. The summed E-state index contributed by atoms with van der Waals surface area (Å²) in [5.74, 6) is 1.40. The molecule has 0 aliphatic heterocycles. The quantitative estimate of drug-likeness (QED) is 0.537. The monoisotopic (exact) mass is 164 g/mol. The van der Waals surface area contributed by atoms with Crippen molar-refractivity contribution in [3.63, 3.8) is 0 Å². The van der Waals surface area contributed by atoms with Gasteiger partial charge >= 0.3 is 0 Å². The van der Waals surface area contributed by atoms with Crippen LogP contribution in [0, 0.1) is 16.7 Å². The summed E-state index contributed by atoms with van der Waals surface area (Å²) in [6, 6.07) is 0. The van der Waals surface area contributed by atoms with Gasteiger partial charge in [0.15, 0.2) is 0 Å². The van der Waals surface area contributed by atoms with Crippen molar-refractivity contribution in [2.75, 3.05) is 0 Å². The van der Waals surface area contributed by atoms with Crippen LogP contribution in [-0.2, 0) is 4.79 Å². The third-order valence-corrected chi connectivity index (χ3v) is 4.97. The summed E-state index contributed by atoms with van der Waals surface area (Å²) in [4.78, 5) is 11.8. The van der Waals surface area contributed by atoms with Crippen LogP contribution in [0.4, 0.5) is 0 Å². The fraction of sp³-hybridized carbons (Fsp3) is 0.909. The molecule has 0 aromatic heterocycles. The second kappa shape index (κ2) is 1.78. The number of ketones is 1. The van der Waals surface area contributed by atoms with Crippen LogP contribution in [0.15, 0.2) is 0 Å². The third kappa shape index (κ3) is 0.486. The van der Waals surface area contributed by atoms with E-state index >= 15 is 0 Å². The average molecular weight is 164 g/mol. The zero-order valence-corrected chi connectivity index (χ0v) is 7.73.